The van der Waals surface area contributed by atoms with Gasteiger partial charge in [-0.05, 0) is 79.9 Å². The number of carbonyl (C=O) groups excluding carboxylic acids is 1. The SMILES string of the molecule is COC1C(O)C(C)OC(OC2CCC3(C)C4=C(CCC3C2)C2=CC=C(C3=CC(=O)OC3O)C2(C)CC4)C1O. The Morgan fingerprint density at radius 3 is 2.50 bits per heavy atom. The number of hydrogen-bond donors (Lipinski definition) is 3. The molecule has 3 N–H and O–H groups in total. The number of carbonyl (C=O) groups is 1. The van der Waals surface area contributed by atoms with Crippen molar-refractivity contribution < 1.29 is 39.1 Å². The summed E-state index contributed by atoms with van der Waals surface area (Å²) in [6.45, 7) is 6.42. The lowest BCUT2D eigenvalue weighted by atomic mass is 9.52. The lowest BCUT2D eigenvalue weighted by Crippen LogP contribution is -2.59. The van der Waals surface area contributed by atoms with Gasteiger partial charge < -0.3 is 34.3 Å². The minimum Gasteiger partial charge on any atom is -0.428 e. The highest BCUT2D eigenvalue weighted by molar-refractivity contribution is 5.87. The van der Waals surface area contributed by atoms with Crippen LogP contribution in [0.15, 0.2) is 46.1 Å². The number of aliphatic hydroxyl groups is 3. The van der Waals surface area contributed by atoms with Gasteiger partial charge in [0.15, 0.2) is 6.29 Å². The van der Waals surface area contributed by atoms with Crippen LogP contribution in [0, 0.1) is 16.7 Å². The van der Waals surface area contributed by atoms with Crippen LogP contribution in [0.5, 0.6) is 0 Å². The molecular weight excluding hydrogens is 488 g/mol. The van der Waals surface area contributed by atoms with E-state index in [1.807, 2.05) is 0 Å². The molecule has 0 aromatic heterocycles. The largest absolute Gasteiger partial charge is 0.428 e. The fourth-order valence-electron chi connectivity index (χ4n) is 8.23. The van der Waals surface area contributed by atoms with E-state index in [0.29, 0.717) is 11.5 Å². The number of esters is 1. The molecular formula is C30H40O8. The number of aliphatic hydroxyl groups excluding tert-OH is 3. The zero-order valence-corrected chi connectivity index (χ0v) is 22.7. The molecule has 2 aliphatic heterocycles. The lowest BCUT2D eigenvalue weighted by molar-refractivity contribution is -0.311. The molecule has 0 bridgehead atoms. The Kier molecular flexibility index (Phi) is 6.53. The first-order valence-corrected chi connectivity index (χ1v) is 14.0. The maximum absolute atomic E-state index is 11.8. The molecule has 10 atom stereocenters. The van der Waals surface area contributed by atoms with Crippen molar-refractivity contribution in [1.29, 1.82) is 0 Å². The summed E-state index contributed by atoms with van der Waals surface area (Å²) in [6.07, 6.45) is 7.32. The zero-order valence-electron chi connectivity index (χ0n) is 22.7. The molecule has 8 heteroatoms. The minimum absolute atomic E-state index is 0.0176. The number of methoxy groups -OCH3 is 1. The maximum atomic E-state index is 11.8. The third kappa shape index (κ3) is 3.91. The van der Waals surface area contributed by atoms with Crippen LogP contribution in [-0.4, -0.2) is 71.5 Å². The van der Waals surface area contributed by atoms with Crippen LogP contribution >= 0.6 is 0 Å². The molecule has 38 heavy (non-hydrogen) atoms. The standard InChI is InChI=1S/C30H40O8/c1-15-24(32)26(35-4)25(33)28(36-15)37-17-9-11-29(2)16(13-17)5-6-18-20-7-8-21(19-14-23(31)38-27(19)34)30(20,3)12-10-22(18)29/h7-8,14-17,24-28,32-34H,5-6,9-13H2,1-4H3. The van der Waals surface area contributed by atoms with E-state index in [1.54, 1.807) is 12.5 Å². The molecule has 0 radical (unpaired) electrons. The van der Waals surface area contributed by atoms with Crippen LogP contribution in [0.4, 0.5) is 0 Å². The van der Waals surface area contributed by atoms with Gasteiger partial charge >= 0.3 is 5.97 Å². The normalized spacial score (nSPS) is 46.5. The highest BCUT2D eigenvalue weighted by Crippen LogP contribution is 2.63. The second-order valence-corrected chi connectivity index (χ2v) is 12.4. The number of cyclic esters (lactones) is 1. The number of hydrogen-bond acceptors (Lipinski definition) is 8. The molecule has 208 valence electrons. The number of ether oxygens (including phenoxy) is 4. The fraction of sp³-hybridized carbons (Fsp3) is 0.700. The molecule has 0 amide bonds. The van der Waals surface area contributed by atoms with E-state index in [1.165, 1.54) is 24.3 Å². The van der Waals surface area contributed by atoms with Gasteiger partial charge in [0.1, 0.15) is 18.3 Å². The summed E-state index contributed by atoms with van der Waals surface area (Å²) in [4.78, 5) is 11.8. The van der Waals surface area contributed by atoms with Crippen molar-refractivity contribution in [2.75, 3.05) is 7.11 Å². The Hall–Kier alpha value is -1.81. The molecule has 4 aliphatic carbocycles. The maximum Gasteiger partial charge on any atom is 0.333 e. The number of rotatable bonds is 4. The van der Waals surface area contributed by atoms with Crippen LogP contribution in [0.2, 0.25) is 0 Å². The zero-order chi connectivity index (χ0) is 27.0. The van der Waals surface area contributed by atoms with Crippen molar-refractivity contribution in [3.8, 4) is 0 Å². The molecule has 2 fully saturated rings. The average Bonchev–Trinajstić information content (AvgIpc) is 3.40. The van der Waals surface area contributed by atoms with Crippen molar-refractivity contribution in [2.45, 2.75) is 109 Å². The van der Waals surface area contributed by atoms with Crippen LogP contribution in [-0.2, 0) is 23.7 Å². The molecule has 1 saturated heterocycles. The summed E-state index contributed by atoms with van der Waals surface area (Å²) in [7, 11) is 1.49. The second-order valence-electron chi connectivity index (χ2n) is 12.4. The number of allylic oxidation sites excluding steroid dienone is 5. The Balaban J connectivity index is 1.18. The molecule has 0 spiro atoms. The Labute approximate surface area is 224 Å². The van der Waals surface area contributed by atoms with Gasteiger partial charge in [0.05, 0.1) is 12.2 Å². The van der Waals surface area contributed by atoms with Gasteiger partial charge in [-0.1, -0.05) is 31.6 Å². The Morgan fingerprint density at radius 2 is 1.79 bits per heavy atom. The van der Waals surface area contributed by atoms with Gasteiger partial charge in [-0.25, -0.2) is 4.79 Å². The molecule has 10 unspecified atom stereocenters. The smallest absolute Gasteiger partial charge is 0.333 e. The second kappa shape index (κ2) is 9.39. The van der Waals surface area contributed by atoms with Crippen molar-refractivity contribution in [1.82, 2.24) is 0 Å². The molecule has 0 aromatic carbocycles. The fourth-order valence-corrected chi connectivity index (χ4v) is 8.23. The van der Waals surface area contributed by atoms with E-state index in [-0.39, 0.29) is 16.9 Å². The number of fused-ring (bicyclic) bond motifs is 4. The Bertz CT molecular complexity index is 1140. The van der Waals surface area contributed by atoms with Gasteiger partial charge in [0.2, 0.25) is 6.29 Å². The van der Waals surface area contributed by atoms with E-state index < -0.39 is 43.0 Å². The summed E-state index contributed by atoms with van der Waals surface area (Å²) < 4.78 is 22.5. The van der Waals surface area contributed by atoms with Gasteiger partial charge in [0.25, 0.3) is 0 Å². The summed E-state index contributed by atoms with van der Waals surface area (Å²) in [5.41, 5.74) is 5.81. The van der Waals surface area contributed by atoms with Crippen molar-refractivity contribution in [3.63, 3.8) is 0 Å². The quantitative estimate of drug-likeness (QED) is 0.477. The first-order chi connectivity index (χ1) is 18.1. The highest BCUT2D eigenvalue weighted by atomic mass is 16.7. The monoisotopic (exact) mass is 528 g/mol. The summed E-state index contributed by atoms with van der Waals surface area (Å²) >= 11 is 0. The molecule has 2 heterocycles. The molecule has 1 saturated carbocycles. The Morgan fingerprint density at radius 1 is 1.03 bits per heavy atom. The summed E-state index contributed by atoms with van der Waals surface area (Å²) in [6, 6.07) is 0. The molecule has 6 aliphatic rings. The molecule has 8 nitrogen and oxygen atoms in total. The van der Waals surface area contributed by atoms with Crippen molar-refractivity contribution in [3.05, 3.63) is 46.1 Å². The van der Waals surface area contributed by atoms with Gasteiger partial charge in [-0.3, -0.25) is 0 Å². The molecule has 6 rings (SSSR count). The van der Waals surface area contributed by atoms with Crippen LogP contribution in [0.3, 0.4) is 0 Å². The first kappa shape index (κ1) is 26.4. The third-order valence-electron chi connectivity index (χ3n) is 10.5. The minimum atomic E-state index is -1.19. The van der Waals surface area contributed by atoms with Crippen LogP contribution in [0.25, 0.3) is 0 Å². The predicted molar refractivity (Wildman–Crippen MR) is 137 cm³/mol. The third-order valence-corrected chi connectivity index (χ3v) is 10.5. The van der Waals surface area contributed by atoms with Gasteiger partial charge in [-0.15, -0.1) is 0 Å². The highest BCUT2D eigenvalue weighted by Gasteiger charge is 2.53. The molecule has 0 aromatic rings. The van der Waals surface area contributed by atoms with Crippen molar-refractivity contribution >= 4 is 5.97 Å². The van der Waals surface area contributed by atoms with E-state index >= 15 is 0 Å². The van der Waals surface area contributed by atoms with Crippen LogP contribution in [0.1, 0.15) is 65.7 Å². The van der Waals surface area contributed by atoms with E-state index in [2.05, 4.69) is 26.0 Å². The summed E-state index contributed by atoms with van der Waals surface area (Å²) in [5.74, 6) is -0.00572. The van der Waals surface area contributed by atoms with E-state index in [4.69, 9.17) is 18.9 Å². The average molecular weight is 529 g/mol. The summed E-state index contributed by atoms with van der Waals surface area (Å²) in [5, 5.41) is 31.4. The predicted octanol–water partition coefficient (Wildman–Crippen LogP) is 3.22. The van der Waals surface area contributed by atoms with Gasteiger partial charge in [-0.2, -0.15) is 0 Å². The van der Waals surface area contributed by atoms with Crippen LogP contribution < -0.4 is 0 Å². The van der Waals surface area contributed by atoms with Crippen molar-refractivity contribution in [2.24, 2.45) is 16.7 Å². The van der Waals surface area contributed by atoms with E-state index in [0.717, 1.165) is 50.5 Å². The lowest BCUT2D eigenvalue weighted by Gasteiger charge is -2.54. The first-order valence-electron chi connectivity index (χ1n) is 14.0. The van der Waals surface area contributed by atoms with E-state index in [9.17, 15) is 20.1 Å². The topological polar surface area (TPSA) is 115 Å². The van der Waals surface area contributed by atoms with Gasteiger partial charge in [0, 0.05) is 24.2 Å².